The normalized spacial score (nSPS) is 9.92. The van der Waals surface area contributed by atoms with E-state index in [-0.39, 0.29) is 5.78 Å². The third-order valence-corrected chi connectivity index (χ3v) is 2.14. The summed E-state index contributed by atoms with van der Waals surface area (Å²) >= 11 is 3.36. The molecule has 0 saturated carbocycles. The Bertz CT molecular complexity index is 284. The molecule has 0 bridgehead atoms. The molecular formula is C10H11BrO. The van der Waals surface area contributed by atoms with E-state index >= 15 is 0 Å². The van der Waals surface area contributed by atoms with Gasteiger partial charge in [-0.15, -0.1) is 0 Å². The van der Waals surface area contributed by atoms with E-state index in [2.05, 4.69) is 15.9 Å². The predicted molar refractivity (Wildman–Crippen MR) is 53.5 cm³/mol. The molecule has 0 atom stereocenters. The second kappa shape index (κ2) is 3.85. The highest BCUT2D eigenvalue weighted by Crippen LogP contribution is 2.16. The number of hydrogen-bond acceptors (Lipinski definition) is 1. The van der Waals surface area contributed by atoms with Crippen molar-refractivity contribution in [1.29, 1.82) is 0 Å². The number of aryl methyl sites for hydroxylation is 1. The van der Waals surface area contributed by atoms with Crippen LogP contribution in [-0.4, -0.2) is 5.78 Å². The highest BCUT2D eigenvalue weighted by Gasteiger charge is 2.03. The monoisotopic (exact) mass is 226 g/mol. The smallest absolute Gasteiger partial charge is 0.162 e. The van der Waals surface area contributed by atoms with Crippen LogP contribution in [0.5, 0.6) is 0 Å². The number of hydrogen-bond donors (Lipinski definition) is 0. The minimum Gasteiger partial charge on any atom is -0.294 e. The zero-order valence-corrected chi connectivity index (χ0v) is 8.81. The van der Waals surface area contributed by atoms with Gasteiger partial charge < -0.3 is 0 Å². The number of benzene rings is 1. The van der Waals surface area contributed by atoms with Crippen molar-refractivity contribution < 1.29 is 4.79 Å². The minimum absolute atomic E-state index is 0.194. The second-order valence-electron chi connectivity index (χ2n) is 2.79. The van der Waals surface area contributed by atoms with E-state index < -0.39 is 0 Å². The SMILES string of the molecule is CCC(=O)c1cc(C)cc(Br)c1. The van der Waals surface area contributed by atoms with Crippen LogP contribution in [0.4, 0.5) is 0 Å². The fourth-order valence-electron chi connectivity index (χ4n) is 1.10. The summed E-state index contributed by atoms with van der Waals surface area (Å²) in [6.45, 7) is 3.86. The minimum atomic E-state index is 0.194. The molecule has 0 unspecified atom stereocenters. The van der Waals surface area contributed by atoms with Crippen LogP contribution in [0.2, 0.25) is 0 Å². The van der Waals surface area contributed by atoms with E-state index in [0.29, 0.717) is 6.42 Å². The first kappa shape index (κ1) is 9.46. The standard InChI is InChI=1S/C10H11BrO/c1-3-10(12)8-4-7(2)5-9(11)6-8/h4-6H,3H2,1-2H3. The summed E-state index contributed by atoms with van der Waals surface area (Å²) < 4.78 is 0.972. The molecule has 1 nitrogen and oxygen atoms in total. The Kier molecular flexibility index (Phi) is 3.04. The fourth-order valence-corrected chi connectivity index (χ4v) is 1.71. The van der Waals surface area contributed by atoms with Gasteiger partial charge in [0.1, 0.15) is 0 Å². The first-order chi connectivity index (χ1) is 5.63. The summed E-state index contributed by atoms with van der Waals surface area (Å²) in [5.41, 5.74) is 1.91. The number of carbonyl (C=O) groups is 1. The lowest BCUT2D eigenvalue weighted by Crippen LogP contribution is -1.96. The van der Waals surface area contributed by atoms with Gasteiger partial charge in [-0.05, 0) is 30.7 Å². The molecular weight excluding hydrogens is 216 g/mol. The highest BCUT2D eigenvalue weighted by atomic mass is 79.9. The van der Waals surface area contributed by atoms with Gasteiger partial charge in [-0.2, -0.15) is 0 Å². The largest absolute Gasteiger partial charge is 0.294 e. The Balaban J connectivity index is 3.08. The molecule has 0 aliphatic heterocycles. The van der Waals surface area contributed by atoms with E-state index in [9.17, 15) is 4.79 Å². The molecule has 0 N–H and O–H groups in total. The van der Waals surface area contributed by atoms with Crippen molar-refractivity contribution in [1.82, 2.24) is 0 Å². The van der Waals surface area contributed by atoms with E-state index in [4.69, 9.17) is 0 Å². The van der Waals surface area contributed by atoms with Crippen molar-refractivity contribution in [2.75, 3.05) is 0 Å². The summed E-state index contributed by atoms with van der Waals surface area (Å²) in [6, 6.07) is 5.77. The van der Waals surface area contributed by atoms with Crippen molar-refractivity contribution in [2.24, 2.45) is 0 Å². The molecule has 2 heteroatoms. The quantitative estimate of drug-likeness (QED) is 0.708. The molecule has 0 spiro atoms. The van der Waals surface area contributed by atoms with Gasteiger partial charge in [0.2, 0.25) is 0 Å². The summed E-state index contributed by atoms with van der Waals surface area (Å²) in [7, 11) is 0. The second-order valence-corrected chi connectivity index (χ2v) is 3.71. The Morgan fingerprint density at radius 3 is 2.58 bits per heavy atom. The van der Waals surface area contributed by atoms with Crippen LogP contribution < -0.4 is 0 Å². The van der Waals surface area contributed by atoms with Crippen LogP contribution >= 0.6 is 15.9 Å². The zero-order chi connectivity index (χ0) is 9.14. The van der Waals surface area contributed by atoms with E-state index in [1.807, 2.05) is 32.0 Å². The van der Waals surface area contributed by atoms with Crippen molar-refractivity contribution in [3.63, 3.8) is 0 Å². The Labute approximate surface area is 80.9 Å². The van der Waals surface area contributed by atoms with Gasteiger partial charge in [0.15, 0.2) is 5.78 Å². The van der Waals surface area contributed by atoms with Gasteiger partial charge in [-0.3, -0.25) is 4.79 Å². The number of carbonyl (C=O) groups excluding carboxylic acids is 1. The number of ketones is 1. The highest BCUT2D eigenvalue weighted by molar-refractivity contribution is 9.10. The topological polar surface area (TPSA) is 17.1 Å². The van der Waals surface area contributed by atoms with Gasteiger partial charge in [-0.1, -0.05) is 22.9 Å². The fraction of sp³-hybridized carbons (Fsp3) is 0.300. The average molecular weight is 227 g/mol. The zero-order valence-electron chi connectivity index (χ0n) is 7.23. The van der Waals surface area contributed by atoms with Crippen molar-refractivity contribution in [3.8, 4) is 0 Å². The van der Waals surface area contributed by atoms with Gasteiger partial charge in [0, 0.05) is 16.5 Å². The third kappa shape index (κ3) is 2.18. The van der Waals surface area contributed by atoms with Crippen molar-refractivity contribution >= 4 is 21.7 Å². The molecule has 12 heavy (non-hydrogen) atoms. The first-order valence-corrected chi connectivity index (χ1v) is 4.73. The van der Waals surface area contributed by atoms with Gasteiger partial charge >= 0.3 is 0 Å². The summed E-state index contributed by atoms with van der Waals surface area (Å²) in [4.78, 5) is 11.3. The van der Waals surface area contributed by atoms with Crippen LogP contribution in [0.25, 0.3) is 0 Å². The van der Waals surface area contributed by atoms with E-state index in [1.165, 1.54) is 0 Å². The third-order valence-electron chi connectivity index (χ3n) is 1.69. The molecule has 0 saturated heterocycles. The lowest BCUT2D eigenvalue weighted by atomic mass is 10.1. The predicted octanol–water partition coefficient (Wildman–Crippen LogP) is 3.35. The van der Waals surface area contributed by atoms with Crippen LogP contribution in [0, 0.1) is 6.92 Å². The number of rotatable bonds is 2. The molecule has 0 amide bonds. The molecule has 0 fully saturated rings. The first-order valence-electron chi connectivity index (χ1n) is 3.94. The molecule has 1 aromatic carbocycles. The maximum absolute atomic E-state index is 11.3. The maximum Gasteiger partial charge on any atom is 0.162 e. The van der Waals surface area contributed by atoms with Crippen molar-refractivity contribution in [2.45, 2.75) is 20.3 Å². The molecule has 1 aromatic rings. The molecule has 64 valence electrons. The van der Waals surface area contributed by atoms with Crippen molar-refractivity contribution in [3.05, 3.63) is 33.8 Å². The van der Waals surface area contributed by atoms with Gasteiger partial charge in [0.25, 0.3) is 0 Å². The molecule has 1 rings (SSSR count). The lowest BCUT2D eigenvalue weighted by Gasteiger charge is -2.00. The number of halogens is 1. The Morgan fingerprint density at radius 1 is 1.42 bits per heavy atom. The molecule has 0 aliphatic rings. The molecule has 0 radical (unpaired) electrons. The molecule has 0 heterocycles. The van der Waals surface area contributed by atoms with Crippen LogP contribution in [-0.2, 0) is 0 Å². The van der Waals surface area contributed by atoms with Crippen LogP contribution in [0.1, 0.15) is 29.3 Å². The number of Topliss-reactive ketones (excluding diaryl/α,β-unsaturated/α-hetero) is 1. The molecule has 0 aliphatic carbocycles. The van der Waals surface area contributed by atoms with Crippen LogP contribution in [0.15, 0.2) is 22.7 Å². The maximum atomic E-state index is 11.3. The summed E-state index contributed by atoms with van der Waals surface area (Å²) in [5, 5.41) is 0. The average Bonchev–Trinajstić information content (AvgIpc) is 2.01. The summed E-state index contributed by atoms with van der Waals surface area (Å²) in [5.74, 6) is 0.194. The van der Waals surface area contributed by atoms with E-state index in [0.717, 1.165) is 15.6 Å². The van der Waals surface area contributed by atoms with Gasteiger partial charge in [0.05, 0.1) is 0 Å². The summed E-state index contributed by atoms with van der Waals surface area (Å²) in [6.07, 6.45) is 0.565. The van der Waals surface area contributed by atoms with E-state index in [1.54, 1.807) is 0 Å². The van der Waals surface area contributed by atoms with Crippen LogP contribution in [0.3, 0.4) is 0 Å². The lowest BCUT2D eigenvalue weighted by molar-refractivity contribution is 0.0988. The molecule has 0 aromatic heterocycles. The Hall–Kier alpha value is -0.630. The Morgan fingerprint density at radius 2 is 2.08 bits per heavy atom. The van der Waals surface area contributed by atoms with Gasteiger partial charge in [-0.25, -0.2) is 0 Å².